The number of hydrogen-bond acceptors (Lipinski definition) is 3. The van der Waals surface area contributed by atoms with Crippen LogP contribution in [0.25, 0.3) is 0 Å². The molecule has 108 valence electrons. The number of carbonyl (C=O) groups is 1. The molecular formula is C14H21N5O. The highest BCUT2D eigenvalue weighted by Gasteiger charge is 2.15. The van der Waals surface area contributed by atoms with Gasteiger partial charge >= 0.3 is 0 Å². The topological polar surface area (TPSA) is 86.5 Å². The van der Waals surface area contributed by atoms with E-state index in [0.29, 0.717) is 6.42 Å². The van der Waals surface area contributed by atoms with Gasteiger partial charge in [0.1, 0.15) is 5.82 Å². The molecule has 2 aromatic heterocycles. The van der Waals surface area contributed by atoms with Gasteiger partial charge in [0.05, 0.1) is 12.2 Å². The molecule has 0 fully saturated rings. The third kappa shape index (κ3) is 3.94. The molecule has 2 aromatic rings. The van der Waals surface area contributed by atoms with Crippen molar-refractivity contribution >= 4 is 5.91 Å². The summed E-state index contributed by atoms with van der Waals surface area (Å²) >= 11 is 0. The highest BCUT2D eigenvalue weighted by atomic mass is 16.1. The number of aromatic amines is 2. The second-order valence-corrected chi connectivity index (χ2v) is 4.94. The van der Waals surface area contributed by atoms with Crippen molar-refractivity contribution in [2.45, 2.75) is 45.6 Å². The number of nitrogens with zero attached hydrogens (tertiary/aromatic N) is 2. The maximum absolute atomic E-state index is 11.9. The monoisotopic (exact) mass is 275 g/mol. The zero-order valence-electron chi connectivity index (χ0n) is 11.9. The van der Waals surface area contributed by atoms with Crippen LogP contribution in [0.3, 0.4) is 0 Å². The van der Waals surface area contributed by atoms with E-state index in [4.69, 9.17) is 0 Å². The molecular weight excluding hydrogens is 254 g/mol. The minimum Gasteiger partial charge on any atom is -0.346 e. The second kappa shape index (κ2) is 6.88. The Kier molecular flexibility index (Phi) is 4.92. The van der Waals surface area contributed by atoms with Crippen molar-refractivity contribution in [1.29, 1.82) is 0 Å². The maximum atomic E-state index is 11.9. The zero-order valence-corrected chi connectivity index (χ0v) is 11.9. The fraction of sp³-hybridized carbons (Fsp3) is 0.500. The molecule has 20 heavy (non-hydrogen) atoms. The summed E-state index contributed by atoms with van der Waals surface area (Å²) in [6.07, 6.45) is 8.45. The summed E-state index contributed by atoms with van der Waals surface area (Å²) in [5, 5.41) is 9.68. The molecule has 2 rings (SSSR count). The van der Waals surface area contributed by atoms with E-state index in [1.807, 2.05) is 20.0 Å². The summed E-state index contributed by atoms with van der Waals surface area (Å²) in [6.45, 7) is 3.99. The Morgan fingerprint density at radius 2 is 2.30 bits per heavy atom. The van der Waals surface area contributed by atoms with E-state index in [2.05, 4.69) is 25.5 Å². The number of rotatable bonds is 7. The molecule has 0 aromatic carbocycles. The summed E-state index contributed by atoms with van der Waals surface area (Å²) in [6, 6.07) is -0.0369. The first-order chi connectivity index (χ1) is 9.69. The van der Waals surface area contributed by atoms with Gasteiger partial charge in [0.2, 0.25) is 5.91 Å². The molecule has 0 spiro atoms. The quantitative estimate of drug-likeness (QED) is 0.722. The zero-order chi connectivity index (χ0) is 14.4. The molecule has 0 aliphatic rings. The van der Waals surface area contributed by atoms with Crippen molar-refractivity contribution in [3.63, 3.8) is 0 Å². The van der Waals surface area contributed by atoms with Gasteiger partial charge in [0.25, 0.3) is 0 Å². The minimum absolute atomic E-state index is 0.0369. The Bertz CT molecular complexity index is 532. The molecule has 6 heteroatoms. The minimum atomic E-state index is -0.0369. The van der Waals surface area contributed by atoms with Gasteiger partial charge in [-0.15, -0.1) is 0 Å². The number of aromatic nitrogens is 4. The normalized spacial score (nSPS) is 12.3. The number of H-pyrrole nitrogens is 2. The second-order valence-electron chi connectivity index (χ2n) is 4.94. The highest BCUT2D eigenvalue weighted by molar-refractivity contribution is 5.76. The standard InChI is InChI=1S/C14H21N5O/c1-3-12(14-15-7-10(2)18-14)19-13(20)6-4-5-11-8-16-17-9-11/h7-9,12H,3-6H2,1-2H3,(H,15,18)(H,16,17)(H,19,20)/t12-/m0/s1. The lowest BCUT2D eigenvalue weighted by molar-refractivity contribution is -0.122. The fourth-order valence-electron chi connectivity index (χ4n) is 2.11. The van der Waals surface area contributed by atoms with Gasteiger partial charge in [-0.1, -0.05) is 6.92 Å². The number of aryl methyl sites for hydroxylation is 2. The van der Waals surface area contributed by atoms with E-state index in [1.165, 1.54) is 0 Å². The average Bonchev–Trinajstić information content (AvgIpc) is 3.07. The van der Waals surface area contributed by atoms with Gasteiger partial charge in [0.15, 0.2) is 0 Å². The van der Waals surface area contributed by atoms with Crippen LogP contribution < -0.4 is 5.32 Å². The third-order valence-corrected chi connectivity index (χ3v) is 3.22. The molecule has 0 aliphatic carbocycles. The first-order valence-corrected chi connectivity index (χ1v) is 6.97. The van der Waals surface area contributed by atoms with Crippen molar-refractivity contribution in [3.05, 3.63) is 35.7 Å². The molecule has 0 saturated carbocycles. The van der Waals surface area contributed by atoms with Crippen LogP contribution in [0.15, 0.2) is 18.6 Å². The number of amides is 1. The van der Waals surface area contributed by atoms with Crippen LogP contribution in [0, 0.1) is 6.92 Å². The van der Waals surface area contributed by atoms with Crippen LogP contribution in [0.1, 0.15) is 49.3 Å². The molecule has 3 N–H and O–H groups in total. The van der Waals surface area contributed by atoms with Crippen LogP contribution >= 0.6 is 0 Å². The van der Waals surface area contributed by atoms with Gasteiger partial charge in [-0.3, -0.25) is 9.89 Å². The van der Waals surface area contributed by atoms with E-state index in [1.54, 1.807) is 12.4 Å². The van der Waals surface area contributed by atoms with Crippen molar-refractivity contribution in [2.75, 3.05) is 0 Å². The maximum Gasteiger partial charge on any atom is 0.220 e. The molecule has 0 unspecified atom stereocenters. The van der Waals surface area contributed by atoms with Crippen LogP contribution in [0.2, 0.25) is 0 Å². The largest absolute Gasteiger partial charge is 0.346 e. The van der Waals surface area contributed by atoms with Gasteiger partial charge in [-0.2, -0.15) is 5.10 Å². The van der Waals surface area contributed by atoms with E-state index >= 15 is 0 Å². The van der Waals surface area contributed by atoms with Crippen molar-refractivity contribution in [1.82, 2.24) is 25.5 Å². The van der Waals surface area contributed by atoms with Gasteiger partial charge < -0.3 is 10.3 Å². The van der Waals surface area contributed by atoms with Crippen LogP contribution in [-0.2, 0) is 11.2 Å². The van der Waals surface area contributed by atoms with Crippen LogP contribution in [0.5, 0.6) is 0 Å². The Labute approximate surface area is 118 Å². The Hall–Kier alpha value is -2.11. The van der Waals surface area contributed by atoms with Crippen molar-refractivity contribution < 1.29 is 4.79 Å². The summed E-state index contributed by atoms with van der Waals surface area (Å²) in [7, 11) is 0. The fourth-order valence-corrected chi connectivity index (χ4v) is 2.11. The lowest BCUT2D eigenvalue weighted by atomic mass is 10.1. The Balaban J connectivity index is 1.77. The lowest BCUT2D eigenvalue weighted by Gasteiger charge is -2.14. The summed E-state index contributed by atoms with van der Waals surface area (Å²) in [5.41, 5.74) is 2.14. The SMILES string of the molecule is CC[C@H](NC(=O)CCCc1cn[nH]c1)c1ncc(C)[nH]1. The third-order valence-electron chi connectivity index (χ3n) is 3.22. The predicted octanol–water partition coefficient (Wildman–Crippen LogP) is 2.03. The van der Waals surface area contributed by atoms with Crippen molar-refractivity contribution in [3.8, 4) is 0 Å². The molecule has 6 nitrogen and oxygen atoms in total. The number of nitrogens with one attached hydrogen (secondary N) is 3. The summed E-state index contributed by atoms with van der Waals surface area (Å²) < 4.78 is 0. The Morgan fingerprint density at radius 3 is 2.90 bits per heavy atom. The number of imidazole rings is 1. The average molecular weight is 275 g/mol. The van der Waals surface area contributed by atoms with E-state index in [0.717, 1.165) is 36.3 Å². The number of carbonyl (C=O) groups excluding carboxylic acids is 1. The van der Waals surface area contributed by atoms with E-state index in [9.17, 15) is 4.79 Å². The highest BCUT2D eigenvalue weighted by Crippen LogP contribution is 2.13. The van der Waals surface area contributed by atoms with E-state index < -0.39 is 0 Å². The van der Waals surface area contributed by atoms with Crippen LogP contribution in [0.4, 0.5) is 0 Å². The Morgan fingerprint density at radius 1 is 1.45 bits per heavy atom. The molecule has 1 atom stereocenters. The molecule has 0 radical (unpaired) electrons. The lowest BCUT2D eigenvalue weighted by Crippen LogP contribution is -2.28. The predicted molar refractivity (Wildman–Crippen MR) is 76.0 cm³/mol. The first kappa shape index (κ1) is 14.3. The van der Waals surface area contributed by atoms with Gasteiger partial charge in [-0.25, -0.2) is 4.98 Å². The van der Waals surface area contributed by atoms with Gasteiger partial charge in [0, 0.05) is 24.5 Å². The van der Waals surface area contributed by atoms with E-state index in [-0.39, 0.29) is 11.9 Å². The van der Waals surface area contributed by atoms with Gasteiger partial charge in [-0.05, 0) is 31.7 Å². The summed E-state index contributed by atoms with van der Waals surface area (Å²) in [4.78, 5) is 19.4. The molecule has 0 bridgehead atoms. The summed E-state index contributed by atoms with van der Waals surface area (Å²) in [5.74, 6) is 0.891. The van der Waals surface area contributed by atoms with Crippen molar-refractivity contribution in [2.24, 2.45) is 0 Å². The molecule has 2 heterocycles. The molecule has 0 aliphatic heterocycles. The first-order valence-electron chi connectivity index (χ1n) is 6.97. The molecule has 0 saturated heterocycles. The molecule has 1 amide bonds. The number of hydrogen-bond donors (Lipinski definition) is 3. The smallest absolute Gasteiger partial charge is 0.220 e. The van der Waals surface area contributed by atoms with Crippen LogP contribution in [-0.4, -0.2) is 26.1 Å².